The van der Waals surface area contributed by atoms with Crippen molar-refractivity contribution in [1.82, 2.24) is 4.98 Å². The Morgan fingerprint density at radius 2 is 2.24 bits per heavy atom. The molecule has 3 rings (SSSR count). The second-order valence-electron chi connectivity index (χ2n) is 4.75. The van der Waals surface area contributed by atoms with Crippen LogP contribution in [0, 0.1) is 27.3 Å². The number of hydrogen-bond acceptors (Lipinski definition) is 7. The van der Waals surface area contributed by atoms with Gasteiger partial charge >= 0.3 is 0 Å². The number of halogens is 1. The maximum Gasteiger partial charge on any atom is 0.271 e. The average Bonchev–Trinajstić information content (AvgIpc) is 3.28. The summed E-state index contributed by atoms with van der Waals surface area (Å²) in [5.41, 5.74) is 0.637. The van der Waals surface area contributed by atoms with Crippen LogP contribution in [-0.4, -0.2) is 9.91 Å². The highest BCUT2D eigenvalue weighted by Crippen LogP contribution is 2.29. The van der Waals surface area contributed by atoms with Crippen molar-refractivity contribution in [2.24, 2.45) is 0 Å². The minimum absolute atomic E-state index is 0.0861. The predicted octanol–water partition coefficient (Wildman–Crippen LogP) is 4.90. The molecule has 0 unspecified atom stereocenters. The molecule has 9 heteroatoms. The molecule has 0 aliphatic carbocycles. The van der Waals surface area contributed by atoms with Crippen LogP contribution in [0.5, 0.6) is 0 Å². The second-order valence-corrected chi connectivity index (χ2v) is 6.56. The molecular weight excluding hydrogens is 363 g/mol. The molecule has 0 fully saturated rings. The lowest BCUT2D eigenvalue weighted by atomic mass is 10.2. The van der Waals surface area contributed by atoms with Crippen LogP contribution in [-0.2, 0) is 0 Å². The topological polar surface area (TPSA) is 91.8 Å². The zero-order chi connectivity index (χ0) is 17.8. The molecule has 1 N–H and O–H groups in total. The first-order valence-electron chi connectivity index (χ1n) is 6.89. The highest BCUT2D eigenvalue weighted by Gasteiger charge is 2.12. The molecule has 2 heterocycles. The number of thiophene rings is 1. The lowest BCUT2D eigenvalue weighted by molar-refractivity contribution is -0.384. The third-order valence-corrected chi connectivity index (χ3v) is 4.93. The Kier molecular flexibility index (Phi) is 4.83. The maximum atomic E-state index is 13.8. The Morgan fingerprint density at radius 1 is 1.40 bits per heavy atom. The number of thiazole rings is 1. The van der Waals surface area contributed by atoms with Gasteiger partial charge in [-0.05, 0) is 17.5 Å². The van der Waals surface area contributed by atoms with E-state index in [9.17, 15) is 19.8 Å². The van der Waals surface area contributed by atoms with Gasteiger partial charge < -0.3 is 5.32 Å². The van der Waals surface area contributed by atoms with E-state index in [0.29, 0.717) is 5.01 Å². The predicted molar refractivity (Wildman–Crippen MR) is 95.7 cm³/mol. The highest BCUT2D eigenvalue weighted by molar-refractivity contribution is 7.14. The quantitative estimate of drug-likeness (QED) is 0.391. The molecule has 0 atom stereocenters. The summed E-state index contributed by atoms with van der Waals surface area (Å²) in [5, 5.41) is 26.9. The van der Waals surface area contributed by atoms with Crippen molar-refractivity contribution in [1.29, 1.82) is 5.26 Å². The monoisotopic (exact) mass is 372 g/mol. The van der Waals surface area contributed by atoms with Crippen molar-refractivity contribution in [3.05, 3.63) is 68.2 Å². The van der Waals surface area contributed by atoms with Gasteiger partial charge in [0.05, 0.1) is 21.2 Å². The number of benzene rings is 1. The van der Waals surface area contributed by atoms with Gasteiger partial charge in [-0.2, -0.15) is 5.26 Å². The number of nitrogens with zero attached hydrogens (tertiary/aromatic N) is 3. The van der Waals surface area contributed by atoms with Gasteiger partial charge in [-0.25, -0.2) is 9.37 Å². The molecule has 6 nitrogen and oxygen atoms in total. The van der Waals surface area contributed by atoms with E-state index in [4.69, 9.17) is 0 Å². The van der Waals surface area contributed by atoms with Gasteiger partial charge in [0, 0.05) is 23.7 Å². The summed E-state index contributed by atoms with van der Waals surface area (Å²) in [7, 11) is 0. The summed E-state index contributed by atoms with van der Waals surface area (Å²) < 4.78 is 13.8. The van der Waals surface area contributed by atoms with Gasteiger partial charge in [-0.15, -0.1) is 22.7 Å². The molecule has 25 heavy (non-hydrogen) atoms. The lowest BCUT2D eigenvalue weighted by Gasteiger charge is -2.03. The molecular formula is C16H9FN4O2S2. The third kappa shape index (κ3) is 3.71. The van der Waals surface area contributed by atoms with Crippen LogP contribution in [0.2, 0.25) is 0 Å². The van der Waals surface area contributed by atoms with Crippen LogP contribution >= 0.6 is 22.7 Å². The van der Waals surface area contributed by atoms with Crippen LogP contribution in [0.25, 0.3) is 16.1 Å². The van der Waals surface area contributed by atoms with Gasteiger partial charge in [0.15, 0.2) is 0 Å². The summed E-state index contributed by atoms with van der Waals surface area (Å²) in [5.74, 6) is -0.655. The van der Waals surface area contributed by atoms with Crippen molar-refractivity contribution in [2.45, 2.75) is 0 Å². The SMILES string of the molecule is N#CC(=CNc1cc([N+](=O)[O-])ccc1F)c1nc(-c2cccs2)cs1. The summed E-state index contributed by atoms with van der Waals surface area (Å²) in [4.78, 5) is 15.5. The maximum absolute atomic E-state index is 13.8. The molecule has 0 bridgehead atoms. The normalized spacial score (nSPS) is 11.1. The van der Waals surface area contributed by atoms with Crippen LogP contribution in [0.1, 0.15) is 5.01 Å². The Balaban J connectivity index is 1.86. The molecule has 0 aliphatic rings. The zero-order valence-corrected chi connectivity index (χ0v) is 14.1. The van der Waals surface area contributed by atoms with Gasteiger partial charge in [-0.1, -0.05) is 6.07 Å². The number of anilines is 1. The number of aromatic nitrogens is 1. The van der Waals surface area contributed by atoms with Gasteiger partial charge in [0.1, 0.15) is 22.5 Å². The fourth-order valence-electron chi connectivity index (χ4n) is 1.96. The first-order chi connectivity index (χ1) is 12.1. The number of rotatable bonds is 5. The van der Waals surface area contributed by atoms with Crippen molar-refractivity contribution in [2.75, 3.05) is 5.32 Å². The third-order valence-electron chi connectivity index (χ3n) is 3.16. The smallest absolute Gasteiger partial charge is 0.271 e. The minimum atomic E-state index is -0.655. The number of nitro groups is 1. The minimum Gasteiger partial charge on any atom is -0.358 e. The summed E-state index contributed by atoms with van der Waals surface area (Å²) >= 11 is 2.83. The Hall–Kier alpha value is -3.09. The molecule has 0 radical (unpaired) electrons. The van der Waals surface area contributed by atoms with Gasteiger partial charge in [-0.3, -0.25) is 10.1 Å². The van der Waals surface area contributed by atoms with E-state index in [2.05, 4.69) is 10.3 Å². The Labute approximate surface area is 149 Å². The fraction of sp³-hybridized carbons (Fsp3) is 0. The van der Waals surface area contributed by atoms with E-state index in [1.165, 1.54) is 28.9 Å². The summed E-state index contributed by atoms with van der Waals surface area (Å²) in [6.07, 6.45) is 1.29. The van der Waals surface area contributed by atoms with Crippen molar-refractivity contribution in [3.8, 4) is 16.6 Å². The highest BCUT2D eigenvalue weighted by atomic mass is 32.1. The van der Waals surface area contributed by atoms with E-state index < -0.39 is 10.7 Å². The zero-order valence-electron chi connectivity index (χ0n) is 12.5. The number of non-ortho nitro benzene ring substituents is 1. The molecule has 0 saturated carbocycles. The van der Waals surface area contributed by atoms with Gasteiger partial charge in [0.25, 0.3) is 5.69 Å². The largest absolute Gasteiger partial charge is 0.358 e. The molecule has 0 aliphatic heterocycles. The lowest BCUT2D eigenvalue weighted by Crippen LogP contribution is -1.96. The number of allylic oxidation sites excluding steroid dienone is 1. The molecule has 2 aromatic heterocycles. The van der Waals surface area contributed by atoms with Crippen LogP contribution in [0.3, 0.4) is 0 Å². The molecule has 0 saturated heterocycles. The molecule has 3 aromatic rings. The second kappa shape index (κ2) is 7.21. The van der Waals surface area contributed by atoms with Crippen molar-refractivity contribution < 1.29 is 9.31 Å². The van der Waals surface area contributed by atoms with Crippen molar-refractivity contribution in [3.63, 3.8) is 0 Å². The fourth-order valence-corrected chi connectivity index (χ4v) is 3.51. The van der Waals surface area contributed by atoms with Crippen LogP contribution < -0.4 is 5.32 Å². The molecule has 124 valence electrons. The van der Waals surface area contributed by atoms with E-state index in [-0.39, 0.29) is 16.9 Å². The average molecular weight is 372 g/mol. The molecule has 0 amide bonds. The summed E-state index contributed by atoms with van der Waals surface area (Å²) in [6, 6.07) is 8.97. The number of nitriles is 1. The first kappa shape index (κ1) is 16.8. The standard InChI is InChI=1S/C16H9FN4O2S2/c17-12-4-3-11(21(22)23)6-13(12)19-8-10(7-18)16-20-14(9-25-16)15-2-1-5-24-15/h1-6,8-9,19H. The van der Waals surface area contributed by atoms with Crippen molar-refractivity contribution >= 4 is 39.6 Å². The molecule has 0 spiro atoms. The van der Waals surface area contributed by atoms with E-state index in [1.807, 2.05) is 29.0 Å². The Bertz CT molecular complexity index is 990. The van der Waals surface area contributed by atoms with E-state index >= 15 is 0 Å². The first-order valence-corrected chi connectivity index (χ1v) is 8.65. The van der Waals surface area contributed by atoms with Crippen LogP contribution in [0.15, 0.2) is 47.3 Å². The van der Waals surface area contributed by atoms with Crippen LogP contribution in [0.4, 0.5) is 15.8 Å². The number of hydrogen-bond donors (Lipinski definition) is 1. The number of nitro benzene ring substituents is 1. The molecule has 1 aromatic carbocycles. The van der Waals surface area contributed by atoms with E-state index in [1.54, 1.807) is 0 Å². The van der Waals surface area contributed by atoms with Gasteiger partial charge in [0.2, 0.25) is 0 Å². The van der Waals surface area contributed by atoms with E-state index in [0.717, 1.165) is 28.8 Å². The number of nitrogens with one attached hydrogen (secondary N) is 1. The Morgan fingerprint density at radius 3 is 2.92 bits per heavy atom. The summed E-state index contributed by atoms with van der Waals surface area (Å²) in [6.45, 7) is 0.